The number of piperidine rings is 1. The molecule has 0 bridgehead atoms. The normalized spacial score (nSPS) is 19.1. The number of carbonyl (C=O) groups is 2. The molecule has 1 heterocycles. The van der Waals surface area contributed by atoms with E-state index in [1.165, 1.54) is 24.0 Å². The second kappa shape index (κ2) is 9.81. The van der Waals surface area contributed by atoms with Crippen LogP contribution in [0.15, 0.2) is 18.2 Å². The molecule has 2 amide bonds. The summed E-state index contributed by atoms with van der Waals surface area (Å²) in [7, 11) is 0. The van der Waals surface area contributed by atoms with Gasteiger partial charge in [0, 0.05) is 5.92 Å². The van der Waals surface area contributed by atoms with Gasteiger partial charge in [-0.1, -0.05) is 18.2 Å². The van der Waals surface area contributed by atoms with Gasteiger partial charge in [-0.25, -0.2) is 0 Å². The maximum Gasteiger partial charge on any atom is 0.405 e. The first kappa shape index (κ1) is 22.6. The zero-order valence-electron chi connectivity index (χ0n) is 17.4. The lowest BCUT2D eigenvalue weighted by Gasteiger charge is -2.31. The van der Waals surface area contributed by atoms with Gasteiger partial charge in [0.1, 0.15) is 6.54 Å². The second-order valence-electron chi connectivity index (χ2n) is 8.41. The molecule has 1 saturated heterocycles. The molecule has 0 aromatic heterocycles. The summed E-state index contributed by atoms with van der Waals surface area (Å²) >= 11 is 0. The van der Waals surface area contributed by atoms with Gasteiger partial charge < -0.3 is 10.6 Å². The number of amides is 2. The highest BCUT2D eigenvalue weighted by molar-refractivity contribution is 5.79. The number of hydrogen-bond acceptors (Lipinski definition) is 3. The Morgan fingerprint density at radius 2 is 1.80 bits per heavy atom. The minimum absolute atomic E-state index is 0.0832. The summed E-state index contributed by atoms with van der Waals surface area (Å²) in [5.41, 5.74) is 3.89. The summed E-state index contributed by atoms with van der Waals surface area (Å²) in [6.45, 7) is 1.94. The molecule has 3 rings (SSSR count). The summed E-state index contributed by atoms with van der Waals surface area (Å²) in [6, 6.07) is 6.36. The molecule has 8 heteroatoms. The summed E-state index contributed by atoms with van der Waals surface area (Å²) in [5.74, 6) is -1.07. The van der Waals surface area contributed by atoms with Crippen LogP contribution in [0.4, 0.5) is 13.2 Å². The molecular formula is C22H30F3N3O2. The number of fused-ring (bicyclic) bond motifs is 1. The minimum atomic E-state index is -4.40. The highest BCUT2D eigenvalue weighted by atomic mass is 19.4. The Bertz CT molecular complexity index is 758. The third-order valence-electron chi connectivity index (χ3n) is 6.04. The topological polar surface area (TPSA) is 61.4 Å². The molecule has 5 nitrogen and oxygen atoms in total. The van der Waals surface area contributed by atoms with Crippen LogP contribution in [0.25, 0.3) is 0 Å². The van der Waals surface area contributed by atoms with Gasteiger partial charge in [0.2, 0.25) is 11.8 Å². The lowest BCUT2D eigenvalue weighted by Crippen LogP contribution is -2.45. The second-order valence-corrected chi connectivity index (χ2v) is 8.41. The fourth-order valence-electron chi connectivity index (χ4n) is 4.28. The van der Waals surface area contributed by atoms with Crippen LogP contribution in [-0.2, 0) is 22.4 Å². The number of nitrogens with zero attached hydrogens (tertiary/aromatic N) is 1. The molecule has 1 fully saturated rings. The van der Waals surface area contributed by atoms with Crippen molar-refractivity contribution in [3.63, 3.8) is 0 Å². The molecule has 30 heavy (non-hydrogen) atoms. The van der Waals surface area contributed by atoms with Gasteiger partial charge in [-0.2, -0.15) is 13.2 Å². The number of benzene rings is 1. The molecular weight excluding hydrogens is 395 g/mol. The van der Waals surface area contributed by atoms with Crippen LogP contribution >= 0.6 is 0 Å². The van der Waals surface area contributed by atoms with Gasteiger partial charge in [0.15, 0.2) is 0 Å². The van der Waals surface area contributed by atoms with Gasteiger partial charge in [0.25, 0.3) is 0 Å². The van der Waals surface area contributed by atoms with E-state index in [0.29, 0.717) is 25.9 Å². The van der Waals surface area contributed by atoms with Crippen molar-refractivity contribution in [3.8, 4) is 0 Å². The first-order chi connectivity index (χ1) is 14.2. The van der Waals surface area contributed by atoms with Crippen LogP contribution < -0.4 is 10.6 Å². The van der Waals surface area contributed by atoms with Crippen molar-refractivity contribution in [2.45, 2.75) is 57.7 Å². The maximum absolute atomic E-state index is 12.5. The first-order valence-electron chi connectivity index (χ1n) is 10.7. The highest BCUT2D eigenvalue weighted by Crippen LogP contribution is 2.25. The highest BCUT2D eigenvalue weighted by Gasteiger charge is 2.31. The molecule has 0 radical (unpaired) electrons. The molecule has 1 aromatic rings. The van der Waals surface area contributed by atoms with Crippen LogP contribution in [0, 0.1) is 5.92 Å². The van der Waals surface area contributed by atoms with E-state index >= 15 is 0 Å². The van der Waals surface area contributed by atoms with Crippen LogP contribution in [0.5, 0.6) is 0 Å². The van der Waals surface area contributed by atoms with E-state index in [1.54, 1.807) is 0 Å². The van der Waals surface area contributed by atoms with E-state index in [1.807, 2.05) is 17.1 Å². The predicted octanol–water partition coefficient (Wildman–Crippen LogP) is 3.13. The fourth-order valence-corrected chi connectivity index (χ4v) is 4.28. The average molecular weight is 425 g/mol. The van der Waals surface area contributed by atoms with Gasteiger partial charge >= 0.3 is 6.18 Å². The molecule has 1 aromatic carbocycles. The van der Waals surface area contributed by atoms with E-state index < -0.39 is 24.5 Å². The quantitative estimate of drug-likeness (QED) is 0.736. The standard InChI is InChI=1S/C22H30F3N3O2/c1-15(18-7-6-16-4-2-3-5-19(16)12-18)27-20(29)13-28-10-8-17(9-11-28)21(30)26-14-22(23,24)25/h6-7,12,15,17H,2-5,8-11,13-14H2,1H3,(H,26,30)(H,27,29)/t15-/m1/s1. The van der Waals surface area contributed by atoms with Crippen molar-refractivity contribution in [2.24, 2.45) is 5.92 Å². The number of likely N-dealkylation sites (tertiary alicyclic amines) is 1. The number of halogens is 3. The lowest BCUT2D eigenvalue weighted by atomic mass is 9.89. The van der Waals surface area contributed by atoms with Crippen molar-refractivity contribution in [3.05, 3.63) is 34.9 Å². The van der Waals surface area contributed by atoms with Crippen molar-refractivity contribution >= 4 is 11.8 Å². The molecule has 2 N–H and O–H groups in total. The van der Waals surface area contributed by atoms with Crippen molar-refractivity contribution < 1.29 is 22.8 Å². The van der Waals surface area contributed by atoms with Crippen LogP contribution in [0.3, 0.4) is 0 Å². The van der Waals surface area contributed by atoms with E-state index in [4.69, 9.17) is 0 Å². The van der Waals surface area contributed by atoms with Gasteiger partial charge in [-0.15, -0.1) is 0 Å². The Kier molecular flexibility index (Phi) is 7.39. The summed E-state index contributed by atoms with van der Waals surface area (Å²) in [4.78, 5) is 26.3. The number of alkyl halides is 3. The smallest absolute Gasteiger partial charge is 0.348 e. The minimum Gasteiger partial charge on any atom is -0.348 e. The van der Waals surface area contributed by atoms with Crippen LogP contribution in [0.2, 0.25) is 0 Å². The van der Waals surface area contributed by atoms with E-state index in [9.17, 15) is 22.8 Å². The number of carbonyl (C=O) groups excluding carboxylic acids is 2. The van der Waals surface area contributed by atoms with Gasteiger partial charge in [0.05, 0.1) is 12.6 Å². The third-order valence-corrected chi connectivity index (χ3v) is 6.04. The SMILES string of the molecule is C[C@@H](NC(=O)CN1CCC(C(=O)NCC(F)(F)F)CC1)c1ccc2c(c1)CCCC2. The number of nitrogens with one attached hydrogen (secondary N) is 2. The Morgan fingerprint density at radius 1 is 1.13 bits per heavy atom. The largest absolute Gasteiger partial charge is 0.405 e. The summed E-state index contributed by atoms with van der Waals surface area (Å²) in [6.07, 6.45) is 1.18. The van der Waals surface area contributed by atoms with E-state index in [0.717, 1.165) is 18.4 Å². The number of hydrogen-bond donors (Lipinski definition) is 2. The number of aryl methyl sites for hydroxylation is 2. The molecule has 0 spiro atoms. The van der Waals surface area contributed by atoms with Crippen molar-refractivity contribution in [2.75, 3.05) is 26.2 Å². The zero-order chi connectivity index (χ0) is 21.7. The summed E-state index contributed by atoms with van der Waals surface area (Å²) < 4.78 is 36.7. The van der Waals surface area contributed by atoms with Crippen LogP contribution in [0.1, 0.15) is 55.3 Å². The lowest BCUT2D eigenvalue weighted by molar-refractivity contribution is -0.141. The van der Waals surface area contributed by atoms with Gasteiger partial charge in [-0.3, -0.25) is 14.5 Å². The molecule has 2 aliphatic rings. The molecule has 0 unspecified atom stereocenters. The fraction of sp³-hybridized carbons (Fsp3) is 0.636. The first-order valence-corrected chi connectivity index (χ1v) is 10.7. The van der Waals surface area contributed by atoms with Crippen molar-refractivity contribution in [1.29, 1.82) is 0 Å². The Morgan fingerprint density at radius 3 is 2.47 bits per heavy atom. The Hall–Kier alpha value is -2.09. The van der Waals surface area contributed by atoms with Gasteiger partial charge in [-0.05, 0) is 75.2 Å². The molecule has 1 aliphatic carbocycles. The average Bonchev–Trinajstić information content (AvgIpc) is 2.71. The molecule has 1 aliphatic heterocycles. The van der Waals surface area contributed by atoms with E-state index in [-0.39, 0.29) is 18.5 Å². The van der Waals surface area contributed by atoms with Crippen LogP contribution in [-0.4, -0.2) is 49.1 Å². The van der Waals surface area contributed by atoms with Crippen molar-refractivity contribution in [1.82, 2.24) is 15.5 Å². The monoisotopic (exact) mass is 425 g/mol. The third kappa shape index (κ3) is 6.45. The predicted molar refractivity (Wildman–Crippen MR) is 108 cm³/mol. The Labute approximate surface area is 175 Å². The Balaban J connectivity index is 1.42. The number of rotatable bonds is 6. The molecule has 166 valence electrons. The van der Waals surface area contributed by atoms with E-state index in [2.05, 4.69) is 23.5 Å². The summed E-state index contributed by atoms with van der Waals surface area (Å²) in [5, 5.41) is 4.99. The zero-order valence-corrected chi connectivity index (χ0v) is 17.4. The maximum atomic E-state index is 12.5. The molecule has 1 atom stereocenters. The molecule has 0 saturated carbocycles.